The van der Waals surface area contributed by atoms with Crippen molar-refractivity contribution in [2.24, 2.45) is 0 Å². The fourth-order valence-electron chi connectivity index (χ4n) is 9.46. The van der Waals surface area contributed by atoms with E-state index in [2.05, 4.69) is 78.1 Å². The standard InChI is InChI=1S/C49H55N11O5S/c1-31(2)39-21-40(43(62)22-42(39)61)48(64)59-27-34-6-3-33(19-35(34)28-59)26-56-11-9-55(10-12-56)25-32-4-7-37(8-5-32)60-14-13-57(30-44(60)63)29-38-20-41-45(66-38)47(58-15-17-65-18-16-58)54-46(53-41)36-23-51-49(50)52-24-36/h3-8,19-24,31,61-62H,9-18,25-30H2,1-2H3,(H2,50,51,52). The van der Waals surface area contributed by atoms with Crippen molar-refractivity contribution in [2.75, 3.05) is 87.7 Å². The average molecular weight is 910 g/mol. The van der Waals surface area contributed by atoms with Crippen molar-refractivity contribution in [2.45, 2.75) is 52.5 Å². The molecule has 3 aromatic carbocycles. The summed E-state index contributed by atoms with van der Waals surface area (Å²) in [5.41, 5.74) is 13.8. The highest BCUT2D eigenvalue weighted by Crippen LogP contribution is 2.37. The summed E-state index contributed by atoms with van der Waals surface area (Å²) in [4.78, 5) is 59.5. The summed E-state index contributed by atoms with van der Waals surface area (Å²) in [6, 6.07) is 20.0. The summed E-state index contributed by atoms with van der Waals surface area (Å²) >= 11 is 1.68. The topological polar surface area (TPSA) is 181 Å². The quantitative estimate of drug-likeness (QED) is 0.150. The van der Waals surface area contributed by atoms with Crippen LogP contribution in [-0.4, -0.2) is 134 Å². The lowest BCUT2D eigenvalue weighted by Gasteiger charge is -2.35. The molecule has 0 unspecified atom stereocenters. The number of amides is 2. The Hall–Kier alpha value is -6.24. The number of benzene rings is 3. The van der Waals surface area contributed by atoms with E-state index in [0.717, 1.165) is 96.6 Å². The highest BCUT2D eigenvalue weighted by atomic mass is 32.1. The molecule has 17 heteroatoms. The van der Waals surface area contributed by atoms with Gasteiger partial charge in [-0.2, -0.15) is 0 Å². The molecule has 4 aliphatic heterocycles. The zero-order valence-electron chi connectivity index (χ0n) is 37.4. The number of nitrogens with zero attached hydrogens (tertiary/aromatic N) is 10. The average Bonchev–Trinajstić information content (AvgIpc) is 3.94. The lowest BCUT2D eigenvalue weighted by Crippen LogP contribution is -2.50. The third-order valence-corrected chi connectivity index (χ3v) is 14.2. The number of aromatic nitrogens is 4. The van der Waals surface area contributed by atoms with E-state index in [0.29, 0.717) is 62.9 Å². The van der Waals surface area contributed by atoms with Gasteiger partial charge in [-0.25, -0.2) is 19.9 Å². The molecule has 0 aliphatic carbocycles. The number of hydrogen-bond donors (Lipinski definition) is 3. The second-order valence-corrected chi connectivity index (χ2v) is 19.2. The Labute approximate surface area is 387 Å². The third-order valence-electron chi connectivity index (χ3n) is 13.1. The number of hydrogen-bond acceptors (Lipinski definition) is 15. The zero-order chi connectivity index (χ0) is 45.5. The van der Waals surface area contributed by atoms with Gasteiger partial charge in [-0.15, -0.1) is 11.3 Å². The minimum atomic E-state index is -0.234. The molecule has 2 amide bonds. The van der Waals surface area contributed by atoms with Crippen LogP contribution in [0.25, 0.3) is 21.6 Å². The smallest absolute Gasteiger partial charge is 0.258 e. The first-order valence-corrected chi connectivity index (χ1v) is 23.6. The van der Waals surface area contributed by atoms with E-state index in [1.54, 1.807) is 34.7 Å². The number of phenols is 2. The highest BCUT2D eigenvalue weighted by molar-refractivity contribution is 7.19. The highest BCUT2D eigenvalue weighted by Gasteiger charge is 2.30. The monoisotopic (exact) mass is 909 g/mol. The van der Waals surface area contributed by atoms with Crippen LogP contribution < -0.4 is 15.5 Å². The van der Waals surface area contributed by atoms with Gasteiger partial charge in [-0.05, 0) is 58.0 Å². The van der Waals surface area contributed by atoms with Crippen LogP contribution in [0.15, 0.2) is 73.1 Å². The van der Waals surface area contributed by atoms with Crippen LogP contribution in [0.4, 0.5) is 17.5 Å². The number of phenolic OH excluding ortho intramolecular Hbond substituents is 2. The number of fused-ring (bicyclic) bond motifs is 2. The van der Waals surface area contributed by atoms with Crippen molar-refractivity contribution in [3.8, 4) is 22.9 Å². The molecular weight excluding hydrogens is 855 g/mol. The Morgan fingerprint density at radius 3 is 2.15 bits per heavy atom. The molecule has 10 rings (SSSR count). The number of carbonyl (C=O) groups excluding carboxylic acids is 2. The van der Waals surface area contributed by atoms with Gasteiger partial charge in [0.15, 0.2) is 11.6 Å². The zero-order valence-corrected chi connectivity index (χ0v) is 38.2. The van der Waals surface area contributed by atoms with Gasteiger partial charge in [0.05, 0.1) is 41.1 Å². The van der Waals surface area contributed by atoms with Crippen molar-refractivity contribution >= 4 is 50.8 Å². The van der Waals surface area contributed by atoms with Crippen LogP contribution in [-0.2, 0) is 42.3 Å². The van der Waals surface area contributed by atoms with Crippen LogP contribution >= 0.6 is 11.3 Å². The molecule has 6 aromatic rings. The van der Waals surface area contributed by atoms with Crippen molar-refractivity contribution in [1.29, 1.82) is 0 Å². The minimum Gasteiger partial charge on any atom is -0.508 e. The Bertz CT molecular complexity index is 2750. The van der Waals surface area contributed by atoms with E-state index in [4.69, 9.17) is 20.4 Å². The number of nitrogen functional groups attached to an aromatic ring is 1. The largest absolute Gasteiger partial charge is 0.508 e. The van der Waals surface area contributed by atoms with Gasteiger partial charge in [0, 0.05) is 114 Å². The van der Waals surface area contributed by atoms with Crippen LogP contribution in [0.3, 0.4) is 0 Å². The van der Waals surface area contributed by atoms with Crippen molar-refractivity contribution in [3.05, 3.63) is 111 Å². The molecule has 66 heavy (non-hydrogen) atoms. The number of rotatable bonds is 11. The van der Waals surface area contributed by atoms with Gasteiger partial charge in [0.1, 0.15) is 11.5 Å². The number of anilines is 3. The second-order valence-electron chi connectivity index (χ2n) is 18.0. The van der Waals surface area contributed by atoms with Crippen LogP contribution in [0, 0.1) is 0 Å². The van der Waals surface area contributed by atoms with Gasteiger partial charge in [0.2, 0.25) is 11.9 Å². The Morgan fingerprint density at radius 2 is 1.44 bits per heavy atom. The van der Waals surface area contributed by atoms with Crippen molar-refractivity contribution in [3.63, 3.8) is 0 Å². The number of aromatic hydroxyl groups is 2. The Balaban J connectivity index is 0.703. The first kappa shape index (κ1) is 43.6. The van der Waals surface area contributed by atoms with Gasteiger partial charge in [0.25, 0.3) is 5.91 Å². The van der Waals surface area contributed by atoms with Gasteiger partial charge in [-0.3, -0.25) is 24.3 Å². The number of piperazine rings is 2. The van der Waals surface area contributed by atoms with Crippen molar-refractivity contribution in [1.82, 2.24) is 39.5 Å². The molecular formula is C49H55N11O5S. The predicted molar refractivity (Wildman–Crippen MR) is 254 cm³/mol. The summed E-state index contributed by atoms with van der Waals surface area (Å²) in [7, 11) is 0. The third kappa shape index (κ3) is 9.26. The van der Waals surface area contributed by atoms with E-state index in [-0.39, 0.29) is 40.7 Å². The molecule has 0 spiro atoms. The maximum atomic E-state index is 13.6. The fraction of sp³-hybridized carbons (Fsp3) is 0.388. The normalized spacial score (nSPS) is 17.6. The van der Waals surface area contributed by atoms with Gasteiger partial charge < -0.3 is 35.4 Å². The first-order valence-electron chi connectivity index (χ1n) is 22.7. The Kier molecular flexibility index (Phi) is 12.3. The molecule has 342 valence electrons. The molecule has 0 atom stereocenters. The Morgan fingerprint density at radius 1 is 0.758 bits per heavy atom. The van der Waals surface area contributed by atoms with E-state index in [9.17, 15) is 19.8 Å². The van der Waals surface area contributed by atoms with Gasteiger partial charge in [-0.1, -0.05) is 44.2 Å². The lowest BCUT2D eigenvalue weighted by atomic mass is 9.98. The molecule has 16 nitrogen and oxygen atoms in total. The van der Waals surface area contributed by atoms with E-state index < -0.39 is 0 Å². The van der Waals surface area contributed by atoms with Crippen LogP contribution in [0.2, 0.25) is 0 Å². The molecule has 0 saturated carbocycles. The molecule has 0 radical (unpaired) electrons. The van der Waals surface area contributed by atoms with Crippen molar-refractivity contribution < 1.29 is 24.5 Å². The number of ether oxygens (including phenoxy) is 1. The molecule has 4 aliphatic rings. The number of thiophene rings is 1. The van der Waals surface area contributed by atoms with E-state index in [1.807, 2.05) is 18.7 Å². The summed E-state index contributed by atoms with van der Waals surface area (Å²) in [5, 5.41) is 20.8. The van der Waals surface area contributed by atoms with E-state index in [1.165, 1.54) is 17.2 Å². The summed E-state index contributed by atoms with van der Waals surface area (Å²) in [6.45, 7) is 15.6. The molecule has 3 aromatic heterocycles. The number of nitrogens with two attached hydrogens (primary N) is 1. The lowest BCUT2D eigenvalue weighted by molar-refractivity contribution is -0.121. The molecule has 7 heterocycles. The maximum Gasteiger partial charge on any atom is 0.258 e. The minimum absolute atomic E-state index is 0.00302. The summed E-state index contributed by atoms with van der Waals surface area (Å²) in [5.74, 6) is 1.32. The summed E-state index contributed by atoms with van der Waals surface area (Å²) in [6.07, 6.45) is 3.30. The SMILES string of the molecule is CC(C)c1cc(C(=O)N2Cc3ccc(CN4CCN(Cc5ccc(N6CCN(Cc7cc8nc(-c9cnc(N)nc9)nc(N9CCOCC9)c8s7)CC6=O)cc5)CC4)cc3C2)c(O)cc1O. The van der Waals surface area contributed by atoms with Crippen LogP contribution in [0.1, 0.15) is 62.8 Å². The molecule has 3 saturated heterocycles. The molecule has 3 fully saturated rings. The maximum absolute atomic E-state index is 13.6. The first-order chi connectivity index (χ1) is 32.0. The van der Waals surface area contributed by atoms with Gasteiger partial charge >= 0.3 is 0 Å². The second kappa shape index (κ2) is 18.6. The predicted octanol–water partition coefficient (Wildman–Crippen LogP) is 5.42. The number of morpholine rings is 1. The van der Waals surface area contributed by atoms with Crippen LogP contribution in [0.5, 0.6) is 11.5 Å². The number of carbonyl (C=O) groups is 2. The van der Waals surface area contributed by atoms with E-state index >= 15 is 0 Å². The fourth-order valence-corrected chi connectivity index (χ4v) is 10.6. The molecule has 0 bridgehead atoms. The molecule has 4 N–H and O–H groups in total. The summed E-state index contributed by atoms with van der Waals surface area (Å²) < 4.78 is 6.65.